The highest BCUT2D eigenvalue weighted by molar-refractivity contribution is 4.52. The van der Waals surface area contributed by atoms with Crippen molar-refractivity contribution in [1.29, 1.82) is 0 Å². The first-order valence-corrected chi connectivity index (χ1v) is 5.04. The van der Waals surface area contributed by atoms with Gasteiger partial charge in [-0.3, -0.25) is 0 Å². The van der Waals surface area contributed by atoms with E-state index >= 15 is 0 Å². The van der Waals surface area contributed by atoms with Crippen LogP contribution in [0.15, 0.2) is 0 Å². The molecule has 1 unspecified atom stereocenters. The summed E-state index contributed by atoms with van der Waals surface area (Å²) in [6, 6.07) is 0. The lowest BCUT2D eigenvalue weighted by Crippen LogP contribution is -2.19. The molecule has 74 valence electrons. The Balaban J connectivity index is 3.19. The molecule has 0 heterocycles. The first-order chi connectivity index (χ1) is 5.85. The minimum Gasteiger partial charge on any atom is -0.379 e. The van der Waals surface area contributed by atoms with Gasteiger partial charge in [-0.25, -0.2) is 0 Å². The average Bonchev–Trinajstić information content (AvgIpc) is 2.10. The average molecular weight is 174 g/mol. The van der Waals surface area contributed by atoms with Crippen LogP contribution in [0.3, 0.4) is 0 Å². The number of hydrogen-bond acceptors (Lipinski definition) is 2. The third-order valence-corrected chi connectivity index (χ3v) is 1.80. The van der Waals surface area contributed by atoms with Crippen LogP contribution >= 0.6 is 0 Å². The zero-order valence-corrected chi connectivity index (χ0v) is 8.64. The summed E-state index contributed by atoms with van der Waals surface area (Å²) in [5.41, 5.74) is 0. The minimum atomic E-state index is 0.298. The van der Waals surface area contributed by atoms with E-state index in [4.69, 9.17) is 9.47 Å². The van der Waals surface area contributed by atoms with Crippen molar-refractivity contribution in [3.05, 3.63) is 0 Å². The summed E-state index contributed by atoms with van der Waals surface area (Å²) >= 11 is 0. The van der Waals surface area contributed by atoms with Gasteiger partial charge in [-0.15, -0.1) is 0 Å². The third kappa shape index (κ3) is 6.62. The van der Waals surface area contributed by atoms with Gasteiger partial charge in [-0.2, -0.15) is 0 Å². The van der Waals surface area contributed by atoms with Gasteiger partial charge < -0.3 is 9.47 Å². The van der Waals surface area contributed by atoms with E-state index in [2.05, 4.69) is 13.8 Å². The molecule has 0 amide bonds. The topological polar surface area (TPSA) is 18.5 Å². The molecular formula is C10H22O2. The van der Waals surface area contributed by atoms with Crippen LogP contribution in [-0.4, -0.2) is 25.9 Å². The molecule has 0 aromatic heterocycles. The summed E-state index contributed by atoms with van der Waals surface area (Å²) in [5, 5.41) is 0. The lowest BCUT2D eigenvalue weighted by Gasteiger charge is -2.14. The van der Waals surface area contributed by atoms with Crippen LogP contribution in [0, 0.1) is 0 Å². The van der Waals surface area contributed by atoms with Gasteiger partial charge in [0.1, 0.15) is 0 Å². The van der Waals surface area contributed by atoms with Crippen LogP contribution < -0.4 is 0 Å². The normalized spacial score (nSPS) is 13.2. The molecule has 12 heavy (non-hydrogen) atoms. The van der Waals surface area contributed by atoms with Crippen LogP contribution in [-0.2, 0) is 9.47 Å². The van der Waals surface area contributed by atoms with Gasteiger partial charge in [0.05, 0.1) is 12.7 Å². The first kappa shape index (κ1) is 11.9. The molecule has 0 aliphatic carbocycles. The van der Waals surface area contributed by atoms with Crippen molar-refractivity contribution in [1.82, 2.24) is 0 Å². The van der Waals surface area contributed by atoms with Crippen LogP contribution in [0.1, 0.15) is 40.0 Å². The highest BCUT2D eigenvalue weighted by Crippen LogP contribution is 1.99. The second-order valence-corrected chi connectivity index (χ2v) is 2.91. The van der Waals surface area contributed by atoms with Crippen LogP contribution in [0.5, 0.6) is 0 Å². The third-order valence-electron chi connectivity index (χ3n) is 1.80. The summed E-state index contributed by atoms with van der Waals surface area (Å²) in [6.07, 6.45) is 3.69. The van der Waals surface area contributed by atoms with Crippen LogP contribution in [0.2, 0.25) is 0 Å². The lowest BCUT2D eigenvalue weighted by atomic mass is 10.3. The second-order valence-electron chi connectivity index (χ2n) is 2.91. The SMILES string of the molecule is CCCCOCC(CC)OCC. The van der Waals surface area contributed by atoms with Gasteiger partial charge in [0, 0.05) is 13.2 Å². The molecule has 0 bridgehead atoms. The van der Waals surface area contributed by atoms with Gasteiger partial charge in [-0.1, -0.05) is 20.3 Å². The van der Waals surface area contributed by atoms with Crippen LogP contribution in [0.4, 0.5) is 0 Å². The van der Waals surface area contributed by atoms with Gasteiger partial charge >= 0.3 is 0 Å². The highest BCUT2D eigenvalue weighted by atomic mass is 16.5. The maximum Gasteiger partial charge on any atom is 0.0805 e. The zero-order chi connectivity index (χ0) is 9.23. The molecule has 2 heteroatoms. The van der Waals surface area contributed by atoms with E-state index in [0.29, 0.717) is 6.10 Å². The Morgan fingerprint density at radius 3 is 2.42 bits per heavy atom. The molecule has 1 atom stereocenters. The Kier molecular flexibility index (Phi) is 8.95. The summed E-state index contributed by atoms with van der Waals surface area (Å²) in [5.74, 6) is 0. The molecular weight excluding hydrogens is 152 g/mol. The maximum atomic E-state index is 5.45. The number of hydrogen-bond donors (Lipinski definition) is 0. The van der Waals surface area contributed by atoms with Crippen molar-refractivity contribution in [2.45, 2.75) is 46.1 Å². The maximum absolute atomic E-state index is 5.45. The number of rotatable bonds is 8. The van der Waals surface area contributed by atoms with E-state index in [1.165, 1.54) is 6.42 Å². The van der Waals surface area contributed by atoms with E-state index in [0.717, 1.165) is 32.7 Å². The van der Waals surface area contributed by atoms with E-state index in [9.17, 15) is 0 Å². The first-order valence-electron chi connectivity index (χ1n) is 5.04. The van der Waals surface area contributed by atoms with E-state index in [1.807, 2.05) is 6.92 Å². The molecule has 0 aromatic rings. The van der Waals surface area contributed by atoms with Gasteiger partial charge in [0.2, 0.25) is 0 Å². The summed E-state index contributed by atoms with van der Waals surface area (Å²) in [7, 11) is 0. The molecule has 0 saturated heterocycles. The van der Waals surface area contributed by atoms with Crippen molar-refractivity contribution < 1.29 is 9.47 Å². The molecule has 0 fully saturated rings. The Hall–Kier alpha value is -0.0800. The largest absolute Gasteiger partial charge is 0.379 e. The van der Waals surface area contributed by atoms with Gasteiger partial charge in [-0.05, 0) is 19.8 Å². The van der Waals surface area contributed by atoms with Crippen molar-refractivity contribution in [2.75, 3.05) is 19.8 Å². The predicted octanol–water partition coefficient (Wildman–Crippen LogP) is 2.62. The zero-order valence-electron chi connectivity index (χ0n) is 8.64. The predicted molar refractivity (Wildman–Crippen MR) is 51.4 cm³/mol. The van der Waals surface area contributed by atoms with Gasteiger partial charge in [0.15, 0.2) is 0 Å². The molecule has 2 nitrogen and oxygen atoms in total. The van der Waals surface area contributed by atoms with E-state index in [1.54, 1.807) is 0 Å². The Morgan fingerprint density at radius 2 is 1.92 bits per heavy atom. The quantitative estimate of drug-likeness (QED) is 0.527. The molecule has 0 aromatic carbocycles. The standard InChI is InChI=1S/C10H22O2/c1-4-7-8-11-9-10(5-2)12-6-3/h10H,4-9H2,1-3H3. The van der Waals surface area contributed by atoms with Crippen molar-refractivity contribution in [3.63, 3.8) is 0 Å². The smallest absolute Gasteiger partial charge is 0.0805 e. The summed E-state index contributed by atoms with van der Waals surface area (Å²) in [6.45, 7) is 8.74. The fraction of sp³-hybridized carbons (Fsp3) is 1.00. The van der Waals surface area contributed by atoms with Gasteiger partial charge in [0.25, 0.3) is 0 Å². The molecule has 0 aliphatic heterocycles. The summed E-state index contributed by atoms with van der Waals surface area (Å²) < 4.78 is 10.9. The fourth-order valence-electron chi connectivity index (χ4n) is 0.981. The molecule has 0 radical (unpaired) electrons. The second kappa shape index (κ2) is 9.01. The fourth-order valence-corrected chi connectivity index (χ4v) is 0.981. The van der Waals surface area contributed by atoms with Crippen LogP contribution in [0.25, 0.3) is 0 Å². The molecule has 0 spiro atoms. The Labute approximate surface area is 76.3 Å². The van der Waals surface area contributed by atoms with Crippen molar-refractivity contribution >= 4 is 0 Å². The molecule has 0 N–H and O–H groups in total. The Morgan fingerprint density at radius 1 is 1.17 bits per heavy atom. The summed E-state index contributed by atoms with van der Waals surface area (Å²) in [4.78, 5) is 0. The van der Waals surface area contributed by atoms with Crippen molar-refractivity contribution in [3.8, 4) is 0 Å². The molecule has 0 aliphatic rings. The number of ether oxygens (including phenoxy) is 2. The van der Waals surface area contributed by atoms with E-state index in [-0.39, 0.29) is 0 Å². The minimum absolute atomic E-state index is 0.298. The molecule has 0 rings (SSSR count). The molecule has 0 saturated carbocycles. The monoisotopic (exact) mass is 174 g/mol. The van der Waals surface area contributed by atoms with Crippen molar-refractivity contribution in [2.24, 2.45) is 0 Å². The number of unbranched alkanes of at least 4 members (excludes halogenated alkanes) is 1. The Bertz CT molecular complexity index is 83.9. The lowest BCUT2D eigenvalue weighted by molar-refractivity contribution is -0.0136. The van der Waals surface area contributed by atoms with E-state index < -0.39 is 0 Å². The highest BCUT2D eigenvalue weighted by Gasteiger charge is 2.04.